The minimum absolute atomic E-state index is 0.0435. The average molecular weight is 368 g/mol. The smallest absolute Gasteiger partial charge is 0.243 e. The van der Waals surface area contributed by atoms with Crippen LogP contribution in [0.3, 0.4) is 0 Å². The summed E-state index contributed by atoms with van der Waals surface area (Å²) in [5, 5.41) is 24.5. The zero-order chi connectivity index (χ0) is 19.5. The summed E-state index contributed by atoms with van der Waals surface area (Å²) in [5.74, 6) is -1.58. The van der Waals surface area contributed by atoms with Crippen molar-refractivity contribution in [1.29, 1.82) is 10.5 Å². The molecule has 0 bridgehead atoms. The molecule has 0 aromatic heterocycles. The standard InChI is InChI=1S/C19H20N4O2S/c1-11-6-5-7-12(2)16(11)22-15(24)10-26-18-14(9-21)19(3,4)13(8-20)17(25)23-18/h5-7,13H,10H2,1-4H3,(H,22,24)(H,23,25)/t13-/m1/s1. The predicted octanol–water partition coefficient (Wildman–Crippen LogP) is 3.01. The van der Waals surface area contributed by atoms with Crippen molar-refractivity contribution in [3.63, 3.8) is 0 Å². The molecule has 0 aliphatic carbocycles. The fourth-order valence-corrected chi connectivity index (χ4v) is 3.83. The lowest BCUT2D eigenvalue weighted by molar-refractivity contribution is -0.125. The van der Waals surface area contributed by atoms with Crippen LogP contribution in [0.4, 0.5) is 5.69 Å². The van der Waals surface area contributed by atoms with E-state index in [4.69, 9.17) is 0 Å². The SMILES string of the molecule is Cc1cccc(C)c1NC(=O)CSC1=C(C#N)C(C)(C)[C@H](C#N)C(=O)N1. The van der Waals surface area contributed by atoms with Crippen LogP contribution in [0.15, 0.2) is 28.8 Å². The van der Waals surface area contributed by atoms with E-state index in [2.05, 4.69) is 16.7 Å². The molecule has 6 nitrogen and oxygen atoms in total. The number of carbonyl (C=O) groups excluding carboxylic acids is 2. The number of nitrogens with zero attached hydrogens (tertiary/aromatic N) is 2. The molecule has 0 radical (unpaired) electrons. The first-order chi connectivity index (χ1) is 12.2. The largest absolute Gasteiger partial charge is 0.325 e. The van der Waals surface area contributed by atoms with Crippen molar-refractivity contribution in [3.8, 4) is 12.1 Å². The second kappa shape index (κ2) is 7.63. The molecule has 0 saturated carbocycles. The van der Waals surface area contributed by atoms with Crippen LogP contribution in [0.1, 0.15) is 25.0 Å². The number of para-hydroxylation sites is 1. The highest BCUT2D eigenvalue weighted by Crippen LogP contribution is 2.41. The van der Waals surface area contributed by atoms with E-state index in [0.29, 0.717) is 10.6 Å². The number of hydrogen-bond donors (Lipinski definition) is 2. The Morgan fingerprint density at radius 1 is 1.31 bits per heavy atom. The first kappa shape index (κ1) is 19.6. The van der Waals surface area contributed by atoms with Gasteiger partial charge in [-0.2, -0.15) is 10.5 Å². The number of nitriles is 2. The van der Waals surface area contributed by atoms with E-state index in [1.807, 2.05) is 38.1 Å². The van der Waals surface area contributed by atoms with Gasteiger partial charge in [-0.3, -0.25) is 9.59 Å². The van der Waals surface area contributed by atoms with E-state index in [9.17, 15) is 20.1 Å². The molecule has 2 rings (SSSR count). The maximum Gasteiger partial charge on any atom is 0.243 e. The Balaban J connectivity index is 2.16. The molecule has 1 atom stereocenters. The third kappa shape index (κ3) is 3.74. The number of aryl methyl sites for hydroxylation is 2. The minimum atomic E-state index is -0.940. The number of amides is 2. The summed E-state index contributed by atoms with van der Waals surface area (Å²) < 4.78 is 0. The summed E-state index contributed by atoms with van der Waals surface area (Å²) in [7, 11) is 0. The van der Waals surface area contributed by atoms with Crippen LogP contribution < -0.4 is 10.6 Å². The van der Waals surface area contributed by atoms with Crippen molar-refractivity contribution in [2.24, 2.45) is 11.3 Å². The summed E-state index contributed by atoms with van der Waals surface area (Å²) in [6, 6.07) is 9.79. The van der Waals surface area contributed by atoms with Crippen molar-refractivity contribution in [2.75, 3.05) is 11.1 Å². The molecule has 134 valence electrons. The Bertz CT molecular complexity index is 854. The van der Waals surface area contributed by atoms with Crippen LogP contribution in [0, 0.1) is 47.8 Å². The van der Waals surface area contributed by atoms with Crippen molar-refractivity contribution in [2.45, 2.75) is 27.7 Å². The van der Waals surface area contributed by atoms with Gasteiger partial charge in [-0.05, 0) is 25.0 Å². The molecule has 1 aliphatic rings. The van der Waals surface area contributed by atoms with Gasteiger partial charge in [0, 0.05) is 11.1 Å². The Hall–Kier alpha value is -2.77. The van der Waals surface area contributed by atoms with Gasteiger partial charge in [0.15, 0.2) is 0 Å². The Kier molecular flexibility index (Phi) is 5.74. The molecule has 0 saturated heterocycles. The monoisotopic (exact) mass is 368 g/mol. The summed E-state index contributed by atoms with van der Waals surface area (Å²) in [4.78, 5) is 24.5. The van der Waals surface area contributed by atoms with Gasteiger partial charge >= 0.3 is 0 Å². The number of hydrogen-bond acceptors (Lipinski definition) is 5. The second-order valence-electron chi connectivity index (χ2n) is 6.69. The van der Waals surface area contributed by atoms with Gasteiger partial charge in [0.05, 0.1) is 28.5 Å². The molecule has 0 unspecified atom stereocenters. The van der Waals surface area contributed by atoms with Crippen LogP contribution in [0.25, 0.3) is 0 Å². The van der Waals surface area contributed by atoms with Gasteiger partial charge in [0.2, 0.25) is 11.8 Å². The van der Waals surface area contributed by atoms with Crippen molar-refractivity contribution >= 4 is 29.3 Å². The normalized spacial score (nSPS) is 18.5. The first-order valence-corrected chi connectivity index (χ1v) is 9.05. The van der Waals surface area contributed by atoms with Gasteiger partial charge in [0.25, 0.3) is 0 Å². The number of thioether (sulfide) groups is 1. The topological polar surface area (TPSA) is 106 Å². The summed E-state index contributed by atoms with van der Waals surface area (Å²) in [6.45, 7) is 7.21. The first-order valence-electron chi connectivity index (χ1n) is 8.06. The summed E-state index contributed by atoms with van der Waals surface area (Å²) >= 11 is 1.09. The Morgan fingerprint density at radius 3 is 2.46 bits per heavy atom. The minimum Gasteiger partial charge on any atom is -0.325 e. The molecule has 1 aromatic rings. The van der Waals surface area contributed by atoms with E-state index < -0.39 is 17.2 Å². The number of benzene rings is 1. The Labute approximate surface area is 157 Å². The molecule has 0 fully saturated rings. The molecular weight excluding hydrogens is 348 g/mol. The summed E-state index contributed by atoms with van der Waals surface area (Å²) in [5.41, 5.74) is 2.10. The van der Waals surface area contributed by atoms with Crippen LogP contribution in [-0.2, 0) is 9.59 Å². The lowest BCUT2D eigenvalue weighted by Crippen LogP contribution is -2.44. The summed E-state index contributed by atoms with van der Waals surface area (Å²) in [6.07, 6.45) is 0. The number of allylic oxidation sites excluding steroid dienone is 1. The van der Waals surface area contributed by atoms with E-state index >= 15 is 0 Å². The number of rotatable bonds is 4. The van der Waals surface area contributed by atoms with Crippen LogP contribution in [-0.4, -0.2) is 17.6 Å². The molecule has 1 aromatic carbocycles. The highest BCUT2D eigenvalue weighted by Gasteiger charge is 2.44. The quantitative estimate of drug-likeness (QED) is 0.850. The van der Waals surface area contributed by atoms with Crippen LogP contribution >= 0.6 is 11.8 Å². The van der Waals surface area contributed by atoms with Gasteiger partial charge < -0.3 is 10.6 Å². The molecule has 1 heterocycles. The maximum absolute atomic E-state index is 12.3. The molecule has 7 heteroatoms. The highest BCUT2D eigenvalue weighted by molar-refractivity contribution is 8.03. The second-order valence-corrected chi connectivity index (χ2v) is 7.68. The van der Waals surface area contributed by atoms with Gasteiger partial charge in [-0.15, -0.1) is 0 Å². The number of anilines is 1. The average Bonchev–Trinajstić information content (AvgIpc) is 2.56. The number of carbonyl (C=O) groups is 2. The molecule has 2 amide bonds. The van der Waals surface area contributed by atoms with Gasteiger partial charge in [0.1, 0.15) is 5.92 Å². The highest BCUT2D eigenvalue weighted by atomic mass is 32.2. The van der Waals surface area contributed by atoms with Crippen molar-refractivity contribution in [1.82, 2.24) is 5.32 Å². The van der Waals surface area contributed by atoms with E-state index in [-0.39, 0.29) is 11.7 Å². The third-order valence-corrected chi connectivity index (χ3v) is 5.43. The lowest BCUT2D eigenvalue weighted by Gasteiger charge is -2.34. The van der Waals surface area contributed by atoms with Crippen molar-refractivity contribution in [3.05, 3.63) is 39.9 Å². The molecule has 26 heavy (non-hydrogen) atoms. The maximum atomic E-state index is 12.3. The molecule has 1 aliphatic heterocycles. The predicted molar refractivity (Wildman–Crippen MR) is 101 cm³/mol. The van der Waals surface area contributed by atoms with E-state index in [1.165, 1.54) is 0 Å². The zero-order valence-electron chi connectivity index (χ0n) is 15.1. The third-order valence-electron chi connectivity index (χ3n) is 4.43. The molecular formula is C19H20N4O2S. The van der Waals surface area contributed by atoms with Gasteiger partial charge in [-0.25, -0.2) is 0 Å². The fourth-order valence-electron chi connectivity index (χ4n) is 2.86. The van der Waals surface area contributed by atoms with Crippen molar-refractivity contribution < 1.29 is 9.59 Å². The van der Waals surface area contributed by atoms with E-state index in [0.717, 1.165) is 28.6 Å². The lowest BCUT2D eigenvalue weighted by atomic mass is 9.72. The fraction of sp³-hybridized carbons (Fsp3) is 0.368. The Morgan fingerprint density at radius 2 is 1.92 bits per heavy atom. The number of nitrogens with one attached hydrogen (secondary N) is 2. The van der Waals surface area contributed by atoms with Gasteiger partial charge in [-0.1, -0.05) is 43.8 Å². The molecule has 2 N–H and O–H groups in total. The van der Waals surface area contributed by atoms with Crippen LogP contribution in [0.2, 0.25) is 0 Å². The van der Waals surface area contributed by atoms with Crippen LogP contribution in [0.5, 0.6) is 0 Å². The molecule has 0 spiro atoms. The van der Waals surface area contributed by atoms with E-state index in [1.54, 1.807) is 13.8 Å². The zero-order valence-corrected chi connectivity index (χ0v) is 16.0.